The molecule has 0 aromatic carbocycles. The van der Waals surface area contributed by atoms with Gasteiger partial charge in [-0.2, -0.15) is 14.8 Å². The molecule has 1 saturated heterocycles. The number of pyridine rings is 2. The Balaban J connectivity index is 1.72. The molecule has 1 aliphatic heterocycles. The van der Waals surface area contributed by atoms with Crippen LogP contribution in [0.2, 0.25) is 0 Å². The van der Waals surface area contributed by atoms with Crippen molar-refractivity contribution in [2.24, 2.45) is 7.05 Å². The summed E-state index contributed by atoms with van der Waals surface area (Å²) in [6.45, 7) is 8.15. The fourth-order valence-corrected chi connectivity index (χ4v) is 4.89. The van der Waals surface area contributed by atoms with Gasteiger partial charge in [0.05, 0.1) is 23.5 Å². The first-order chi connectivity index (χ1) is 15.9. The molecule has 0 spiro atoms. The van der Waals surface area contributed by atoms with Gasteiger partial charge in [-0.25, -0.2) is 4.98 Å². The summed E-state index contributed by atoms with van der Waals surface area (Å²) in [5.41, 5.74) is 3.19. The lowest BCUT2D eigenvalue weighted by molar-refractivity contribution is 0.101. The summed E-state index contributed by atoms with van der Waals surface area (Å²) in [4.78, 5) is 21.4. The van der Waals surface area contributed by atoms with E-state index in [-0.39, 0.29) is 30.2 Å². The number of hydrogen-bond donors (Lipinski definition) is 0. The van der Waals surface area contributed by atoms with Gasteiger partial charge in [0.15, 0.2) is 0 Å². The Morgan fingerprint density at radius 1 is 1.24 bits per heavy atom. The zero-order valence-electron chi connectivity index (χ0n) is 19.6. The maximum Gasteiger partial charge on any atom is 0.252 e. The highest BCUT2D eigenvalue weighted by Crippen LogP contribution is 2.34. The third-order valence-electron chi connectivity index (χ3n) is 6.89. The van der Waals surface area contributed by atoms with Gasteiger partial charge in [0, 0.05) is 50.5 Å². The van der Waals surface area contributed by atoms with Crippen LogP contribution in [0, 0.1) is 17.3 Å². The van der Waals surface area contributed by atoms with E-state index in [1.165, 1.54) is 6.07 Å². The van der Waals surface area contributed by atoms with E-state index < -0.39 is 5.95 Å². The molecule has 33 heavy (non-hydrogen) atoms. The van der Waals surface area contributed by atoms with E-state index in [1.807, 2.05) is 0 Å². The minimum Gasteiger partial charge on any atom is -0.364 e. The predicted octanol–water partition coefficient (Wildman–Crippen LogP) is 3.23. The van der Waals surface area contributed by atoms with E-state index >= 15 is 0 Å². The Hall–Kier alpha value is -3.25. The Morgan fingerprint density at radius 2 is 2.00 bits per heavy atom. The minimum absolute atomic E-state index is 0.0925. The lowest BCUT2D eigenvalue weighted by Crippen LogP contribution is -2.58. The maximum absolute atomic E-state index is 13.3. The summed E-state index contributed by atoms with van der Waals surface area (Å²) in [6, 6.07) is 7.52. The highest BCUT2D eigenvalue weighted by molar-refractivity contribution is 5.88. The zero-order valence-corrected chi connectivity index (χ0v) is 19.6. The lowest BCUT2D eigenvalue weighted by atomic mass is 9.97. The van der Waals surface area contributed by atoms with E-state index in [9.17, 15) is 9.18 Å². The highest BCUT2D eigenvalue weighted by atomic mass is 19.1. The second kappa shape index (κ2) is 9.32. The molecule has 0 amide bonds. The van der Waals surface area contributed by atoms with Crippen LogP contribution in [0.4, 0.5) is 10.1 Å². The smallest absolute Gasteiger partial charge is 0.252 e. The molecule has 4 heterocycles. The van der Waals surface area contributed by atoms with Crippen molar-refractivity contribution in [2.45, 2.75) is 58.3 Å². The molecule has 8 nitrogen and oxygen atoms in total. The first-order valence-electron chi connectivity index (χ1n) is 11.5. The topological polar surface area (TPSA) is 83.0 Å². The Morgan fingerprint density at radius 3 is 2.64 bits per heavy atom. The van der Waals surface area contributed by atoms with Gasteiger partial charge in [-0.05, 0) is 31.4 Å². The fraction of sp³-hybridized carbons (Fsp3) is 0.500. The van der Waals surface area contributed by atoms with Gasteiger partial charge in [-0.3, -0.25) is 14.4 Å². The third kappa shape index (κ3) is 4.23. The molecular formula is C24H30FN7O. The van der Waals surface area contributed by atoms with Crippen molar-refractivity contribution in [2.75, 3.05) is 18.0 Å². The highest BCUT2D eigenvalue weighted by Gasteiger charge is 2.36. The Bertz CT molecular complexity index is 1230. The number of nitriles is 1. The predicted molar refractivity (Wildman–Crippen MR) is 125 cm³/mol. The molecule has 0 N–H and O–H groups in total. The number of halogens is 1. The number of piperazine rings is 1. The van der Waals surface area contributed by atoms with E-state index in [1.54, 1.807) is 40.8 Å². The Kier molecular flexibility index (Phi) is 6.47. The second-order valence-corrected chi connectivity index (χ2v) is 8.71. The molecule has 174 valence electrons. The first kappa shape index (κ1) is 22.9. The van der Waals surface area contributed by atoms with Crippen LogP contribution in [0.25, 0.3) is 11.0 Å². The molecule has 9 heteroatoms. The minimum atomic E-state index is -0.472. The van der Waals surface area contributed by atoms with Gasteiger partial charge in [0.25, 0.3) is 5.56 Å². The van der Waals surface area contributed by atoms with Gasteiger partial charge < -0.3 is 9.47 Å². The fourth-order valence-electron chi connectivity index (χ4n) is 4.89. The first-order valence-corrected chi connectivity index (χ1v) is 11.5. The van der Waals surface area contributed by atoms with E-state index in [0.29, 0.717) is 0 Å². The molecule has 4 rings (SSSR count). The SMILES string of the molecule is CC[C@H]1CN([C@@H](C)c2ccc(F)nc2)[C@H](CC)CN1c1cc(=O)n(C)c2cn(CC#N)nc12. The molecule has 0 bridgehead atoms. The van der Waals surface area contributed by atoms with Crippen molar-refractivity contribution in [1.82, 2.24) is 24.2 Å². The quantitative estimate of drug-likeness (QED) is 0.535. The summed E-state index contributed by atoms with van der Waals surface area (Å²) in [5.74, 6) is -0.472. The van der Waals surface area contributed by atoms with Gasteiger partial charge in [0.2, 0.25) is 5.95 Å². The van der Waals surface area contributed by atoms with Crippen LogP contribution in [-0.2, 0) is 13.6 Å². The van der Waals surface area contributed by atoms with Crippen LogP contribution in [0.5, 0.6) is 0 Å². The molecule has 0 radical (unpaired) electrons. The van der Waals surface area contributed by atoms with Crippen LogP contribution in [0.15, 0.2) is 35.4 Å². The number of aromatic nitrogens is 4. The summed E-state index contributed by atoms with van der Waals surface area (Å²) in [7, 11) is 1.73. The van der Waals surface area contributed by atoms with E-state index in [0.717, 1.165) is 48.2 Å². The average molecular weight is 452 g/mol. The van der Waals surface area contributed by atoms with Crippen LogP contribution >= 0.6 is 0 Å². The van der Waals surface area contributed by atoms with Crippen LogP contribution < -0.4 is 10.5 Å². The number of anilines is 1. The lowest BCUT2D eigenvalue weighted by Gasteiger charge is -2.49. The van der Waals surface area contributed by atoms with Crippen LogP contribution in [0.3, 0.4) is 0 Å². The molecule has 3 aromatic rings. The van der Waals surface area contributed by atoms with Crippen molar-refractivity contribution in [1.29, 1.82) is 5.26 Å². The zero-order chi connectivity index (χ0) is 23.7. The molecule has 0 aliphatic carbocycles. The molecule has 3 atom stereocenters. The van der Waals surface area contributed by atoms with Crippen molar-refractivity contribution in [3.63, 3.8) is 0 Å². The van der Waals surface area contributed by atoms with Crippen molar-refractivity contribution < 1.29 is 4.39 Å². The summed E-state index contributed by atoms with van der Waals surface area (Å²) < 4.78 is 16.5. The van der Waals surface area contributed by atoms with E-state index in [2.05, 4.69) is 46.7 Å². The number of rotatable bonds is 6. The summed E-state index contributed by atoms with van der Waals surface area (Å²) in [5, 5.41) is 13.7. The standard InChI is InChI=1S/C24H30FN7O/c1-5-18-14-32(19(6-2)13-31(18)16(3)17-7-8-22(25)27-12-17)20-11-23(33)29(4)21-15-30(10-9-26)28-24(20)21/h7-8,11-12,15-16,18-19H,5-6,10,13-14H2,1-4H3/t16-,18+,19-/m0/s1. The van der Waals surface area contributed by atoms with Gasteiger partial charge in [0.1, 0.15) is 12.1 Å². The number of nitrogens with zero attached hydrogens (tertiary/aromatic N) is 7. The normalized spacial score (nSPS) is 20.2. The number of fused-ring (bicyclic) bond motifs is 1. The maximum atomic E-state index is 13.3. The molecule has 3 aromatic heterocycles. The Labute approximate surface area is 192 Å². The van der Waals surface area contributed by atoms with Crippen molar-refractivity contribution in [3.05, 3.63) is 52.5 Å². The molecule has 0 saturated carbocycles. The van der Waals surface area contributed by atoms with Crippen molar-refractivity contribution >= 4 is 16.7 Å². The van der Waals surface area contributed by atoms with Crippen LogP contribution in [-0.4, -0.2) is 49.4 Å². The molecule has 1 aliphatic rings. The number of aryl methyl sites for hydroxylation is 1. The van der Waals surface area contributed by atoms with E-state index in [4.69, 9.17) is 5.26 Å². The summed E-state index contributed by atoms with van der Waals surface area (Å²) in [6.07, 6.45) is 5.22. The van der Waals surface area contributed by atoms with Crippen molar-refractivity contribution in [3.8, 4) is 6.07 Å². The third-order valence-corrected chi connectivity index (χ3v) is 6.89. The second-order valence-electron chi connectivity index (χ2n) is 8.71. The largest absolute Gasteiger partial charge is 0.364 e. The molecular weight excluding hydrogens is 421 g/mol. The monoisotopic (exact) mass is 451 g/mol. The number of hydrogen-bond acceptors (Lipinski definition) is 6. The van der Waals surface area contributed by atoms with Gasteiger partial charge in [-0.1, -0.05) is 19.9 Å². The summed E-state index contributed by atoms with van der Waals surface area (Å²) >= 11 is 0. The van der Waals surface area contributed by atoms with Crippen LogP contribution in [0.1, 0.15) is 45.2 Å². The molecule has 1 fully saturated rings. The molecule has 0 unspecified atom stereocenters. The van der Waals surface area contributed by atoms with Gasteiger partial charge >= 0.3 is 0 Å². The van der Waals surface area contributed by atoms with Gasteiger partial charge in [-0.15, -0.1) is 0 Å². The average Bonchev–Trinajstić information content (AvgIpc) is 3.25.